The first kappa shape index (κ1) is 19.8. The van der Waals surface area contributed by atoms with Gasteiger partial charge < -0.3 is 26.0 Å². The fourth-order valence-electron chi connectivity index (χ4n) is 2.52. The van der Waals surface area contributed by atoms with Crippen molar-refractivity contribution in [2.24, 2.45) is 0 Å². The maximum Gasteiger partial charge on any atom is 0.326 e. The fourth-order valence-corrected chi connectivity index (χ4v) is 2.52. The maximum absolute atomic E-state index is 12.5. The number of amides is 2. The smallest absolute Gasteiger partial charge is 0.326 e. The second-order valence-corrected chi connectivity index (χ2v) is 5.98. The number of carbonyl (C=O) groups excluding carboxylic acids is 2. The zero-order chi connectivity index (χ0) is 19.8. The zero-order valence-corrected chi connectivity index (χ0v) is 14.3. The molecule has 0 aliphatic rings. The quantitative estimate of drug-likeness (QED) is 0.408. The summed E-state index contributed by atoms with van der Waals surface area (Å²) in [7, 11) is 0. The van der Waals surface area contributed by atoms with Crippen LogP contribution in [0.1, 0.15) is 11.1 Å². The first-order chi connectivity index (χ1) is 12.9. The first-order valence-electron chi connectivity index (χ1n) is 8.17. The molecule has 2 rings (SSSR count). The molecule has 0 bridgehead atoms. The number of phenolic OH excluding ortho intramolecular Hbond substituents is 2. The summed E-state index contributed by atoms with van der Waals surface area (Å²) in [6.45, 7) is 0. The van der Waals surface area contributed by atoms with E-state index in [-0.39, 0.29) is 24.3 Å². The number of carboxylic acids is 1. The van der Waals surface area contributed by atoms with Gasteiger partial charge >= 0.3 is 5.97 Å². The van der Waals surface area contributed by atoms with Crippen molar-refractivity contribution >= 4 is 18.3 Å². The van der Waals surface area contributed by atoms with Crippen LogP contribution in [0, 0.1) is 0 Å². The minimum atomic E-state index is -1.22. The number of rotatable bonds is 9. The second-order valence-electron chi connectivity index (χ2n) is 5.98. The highest BCUT2D eigenvalue weighted by molar-refractivity contribution is 5.88. The topological polar surface area (TPSA) is 136 Å². The van der Waals surface area contributed by atoms with E-state index in [4.69, 9.17) is 0 Å². The van der Waals surface area contributed by atoms with Crippen LogP contribution in [0.15, 0.2) is 48.5 Å². The zero-order valence-electron chi connectivity index (χ0n) is 14.3. The van der Waals surface area contributed by atoms with Crippen LogP contribution in [0.3, 0.4) is 0 Å². The van der Waals surface area contributed by atoms with Crippen LogP contribution in [-0.4, -0.2) is 45.7 Å². The number of hydrogen-bond acceptors (Lipinski definition) is 5. The van der Waals surface area contributed by atoms with Crippen LogP contribution < -0.4 is 10.6 Å². The number of nitrogens with one attached hydrogen (secondary N) is 2. The normalized spacial score (nSPS) is 12.6. The average molecular weight is 372 g/mol. The summed E-state index contributed by atoms with van der Waals surface area (Å²) < 4.78 is 0. The predicted octanol–water partition coefficient (Wildman–Crippen LogP) is 0.567. The summed E-state index contributed by atoms with van der Waals surface area (Å²) in [4.78, 5) is 34.8. The number of aliphatic carboxylic acids is 1. The maximum atomic E-state index is 12.5. The molecule has 8 nitrogen and oxygen atoms in total. The third-order valence-corrected chi connectivity index (χ3v) is 3.95. The van der Waals surface area contributed by atoms with Crippen molar-refractivity contribution < 1.29 is 29.7 Å². The third kappa shape index (κ3) is 6.03. The van der Waals surface area contributed by atoms with Gasteiger partial charge in [0.25, 0.3) is 0 Å². The van der Waals surface area contributed by atoms with Crippen molar-refractivity contribution in [2.45, 2.75) is 24.9 Å². The SMILES string of the molecule is O=CN[C@@H](Cc1ccc(O)cc1)C(=O)N[C@@H](Cc1ccc(O)cc1)C(=O)O. The van der Waals surface area contributed by atoms with Crippen molar-refractivity contribution in [3.8, 4) is 11.5 Å². The van der Waals surface area contributed by atoms with Gasteiger partial charge in [-0.15, -0.1) is 0 Å². The lowest BCUT2D eigenvalue weighted by Crippen LogP contribution is -2.51. The molecular weight excluding hydrogens is 352 g/mol. The molecule has 27 heavy (non-hydrogen) atoms. The fraction of sp³-hybridized carbons (Fsp3) is 0.211. The van der Waals surface area contributed by atoms with Crippen molar-refractivity contribution in [1.82, 2.24) is 10.6 Å². The Balaban J connectivity index is 2.07. The lowest BCUT2D eigenvalue weighted by Gasteiger charge is -2.20. The Morgan fingerprint density at radius 1 is 0.852 bits per heavy atom. The lowest BCUT2D eigenvalue weighted by molar-refractivity contribution is -0.142. The molecule has 0 heterocycles. The number of benzene rings is 2. The van der Waals surface area contributed by atoms with Gasteiger partial charge in [-0.1, -0.05) is 24.3 Å². The Kier molecular flexibility index (Phi) is 6.76. The van der Waals surface area contributed by atoms with E-state index in [1.807, 2.05) is 0 Å². The molecule has 0 aromatic heterocycles. The van der Waals surface area contributed by atoms with Gasteiger partial charge in [0.1, 0.15) is 23.6 Å². The molecule has 0 spiro atoms. The van der Waals surface area contributed by atoms with Gasteiger partial charge in [0, 0.05) is 12.8 Å². The lowest BCUT2D eigenvalue weighted by atomic mass is 10.0. The highest BCUT2D eigenvalue weighted by Gasteiger charge is 2.25. The molecule has 0 unspecified atom stereocenters. The Morgan fingerprint density at radius 3 is 1.70 bits per heavy atom. The summed E-state index contributed by atoms with van der Waals surface area (Å²) in [6, 6.07) is 9.94. The predicted molar refractivity (Wildman–Crippen MR) is 96.2 cm³/mol. The molecular formula is C19H20N2O6. The van der Waals surface area contributed by atoms with Crippen molar-refractivity contribution in [3.05, 3.63) is 59.7 Å². The first-order valence-corrected chi connectivity index (χ1v) is 8.17. The van der Waals surface area contributed by atoms with E-state index in [1.54, 1.807) is 24.3 Å². The molecule has 5 N–H and O–H groups in total. The van der Waals surface area contributed by atoms with Crippen molar-refractivity contribution in [3.63, 3.8) is 0 Å². The van der Waals surface area contributed by atoms with Crippen LogP contribution in [0.4, 0.5) is 0 Å². The minimum Gasteiger partial charge on any atom is -0.508 e. The van der Waals surface area contributed by atoms with Gasteiger partial charge in [-0.2, -0.15) is 0 Å². The molecule has 8 heteroatoms. The molecule has 142 valence electrons. The Labute approximate surface area is 155 Å². The standard InChI is InChI=1S/C19H20N2O6/c22-11-20-16(9-12-1-5-14(23)6-2-12)18(25)21-17(19(26)27)10-13-3-7-15(24)8-4-13/h1-8,11,16-17,23-24H,9-10H2,(H,20,22)(H,21,25)(H,26,27)/t16-,17-/m0/s1. The van der Waals surface area contributed by atoms with Crippen LogP contribution in [0.25, 0.3) is 0 Å². The van der Waals surface area contributed by atoms with E-state index in [2.05, 4.69) is 10.6 Å². The average Bonchev–Trinajstić information content (AvgIpc) is 2.64. The summed E-state index contributed by atoms with van der Waals surface area (Å²) in [5, 5.41) is 32.8. The van der Waals surface area contributed by atoms with E-state index in [0.717, 1.165) is 0 Å². The molecule has 2 aromatic carbocycles. The highest BCUT2D eigenvalue weighted by atomic mass is 16.4. The number of aromatic hydroxyl groups is 2. The molecule has 0 aliphatic carbocycles. The molecule has 2 amide bonds. The van der Waals surface area contributed by atoms with Crippen LogP contribution in [0.2, 0.25) is 0 Å². The van der Waals surface area contributed by atoms with Gasteiger partial charge in [-0.25, -0.2) is 4.79 Å². The van der Waals surface area contributed by atoms with Crippen LogP contribution in [-0.2, 0) is 27.2 Å². The third-order valence-electron chi connectivity index (χ3n) is 3.95. The minimum absolute atomic E-state index is 0.0222. The number of carboxylic acid groups (broad SMARTS) is 1. The molecule has 0 saturated heterocycles. The molecule has 0 aliphatic heterocycles. The van der Waals surface area contributed by atoms with Crippen molar-refractivity contribution in [1.29, 1.82) is 0 Å². The van der Waals surface area contributed by atoms with E-state index >= 15 is 0 Å². The highest BCUT2D eigenvalue weighted by Crippen LogP contribution is 2.13. The number of carbonyl (C=O) groups is 3. The Hall–Kier alpha value is -3.55. The van der Waals surface area contributed by atoms with Gasteiger partial charge in [0.15, 0.2) is 0 Å². The van der Waals surface area contributed by atoms with E-state index in [1.165, 1.54) is 24.3 Å². The summed E-state index contributed by atoms with van der Waals surface area (Å²) >= 11 is 0. The van der Waals surface area contributed by atoms with E-state index in [0.29, 0.717) is 17.5 Å². The summed E-state index contributed by atoms with van der Waals surface area (Å²) in [6.07, 6.45) is 0.533. The molecule has 0 saturated carbocycles. The van der Waals surface area contributed by atoms with Gasteiger partial charge in [0.05, 0.1) is 0 Å². The second kappa shape index (κ2) is 9.23. The molecule has 2 atom stereocenters. The van der Waals surface area contributed by atoms with E-state index < -0.39 is 24.0 Å². The van der Waals surface area contributed by atoms with Gasteiger partial charge in [-0.05, 0) is 35.4 Å². The number of hydrogen-bond donors (Lipinski definition) is 5. The molecule has 0 fully saturated rings. The largest absolute Gasteiger partial charge is 0.508 e. The van der Waals surface area contributed by atoms with Crippen LogP contribution in [0.5, 0.6) is 11.5 Å². The Morgan fingerprint density at radius 2 is 1.30 bits per heavy atom. The number of phenols is 2. The molecule has 0 radical (unpaired) electrons. The summed E-state index contributed by atoms with van der Waals surface area (Å²) in [5.41, 5.74) is 1.31. The monoisotopic (exact) mass is 372 g/mol. The van der Waals surface area contributed by atoms with Gasteiger partial charge in [0.2, 0.25) is 12.3 Å². The van der Waals surface area contributed by atoms with Crippen molar-refractivity contribution in [2.75, 3.05) is 0 Å². The van der Waals surface area contributed by atoms with E-state index in [9.17, 15) is 29.7 Å². The summed E-state index contributed by atoms with van der Waals surface area (Å²) in [5.74, 6) is -1.73. The molecule has 2 aromatic rings. The Bertz CT molecular complexity index is 789. The van der Waals surface area contributed by atoms with Crippen LogP contribution >= 0.6 is 0 Å². The van der Waals surface area contributed by atoms with Gasteiger partial charge in [-0.3, -0.25) is 9.59 Å².